The van der Waals surface area contributed by atoms with Crippen LogP contribution in [-0.4, -0.2) is 60.0 Å². The van der Waals surface area contributed by atoms with Gasteiger partial charge < -0.3 is 20.1 Å². The van der Waals surface area contributed by atoms with Crippen LogP contribution in [0.1, 0.15) is 54.4 Å². The van der Waals surface area contributed by atoms with Crippen LogP contribution in [0, 0.1) is 6.92 Å². The number of hydrogen-bond donors (Lipinski definition) is 2. The fourth-order valence-corrected chi connectivity index (χ4v) is 4.75. The summed E-state index contributed by atoms with van der Waals surface area (Å²) in [5.41, 5.74) is 2.72. The lowest BCUT2D eigenvalue weighted by molar-refractivity contribution is 0.0953. The number of nitrogens with zero attached hydrogens (tertiary/aromatic N) is 3. The number of benzene rings is 1. The number of carbonyl (C=O) groups is 1. The number of nitrogens with one attached hydrogen (secondary N) is 2. The SMILES string of the molecule is CCN(c1cc(Cl)cc(C(=O)NCCc2ncc[nH]2)c1C)[C@H]1CC[C@H](N(C)C)CC1. The molecule has 2 N–H and O–H groups in total. The van der Waals surface area contributed by atoms with Gasteiger partial charge in [-0.1, -0.05) is 11.6 Å². The highest BCUT2D eigenvalue weighted by Crippen LogP contribution is 2.34. The van der Waals surface area contributed by atoms with Crippen LogP contribution >= 0.6 is 11.6 Å². The lowest BCUT2D eigenvalue weighted by Gasteiger charge is -2.40. The molecule has 1 aliphatic rings. The Morgan fingerprint density at radius 3 is 2.53 bits per heavy atom. The minimum Gasteiger partial charge on any atom is -0.369 e. The van der Waals surface area contributed by atoms with Crippen LogP contribution in [0.25, 0.3) is 0 Å². The molecule has 6 nitrogen and oxygen atoms in total. The van der Waals surface area contributed by atoms with Crippen LogP contribution in [0.5, 0.6) is 0 Å². The van der Waals surface area contributed by atoms with Crippen molar-refractivity contribution >= 4 is 23.2 Å². The van der Waals surface area contributed by atoms with Crippen molar-refractivity contribution in [2.45, 2.75) is 58.0 Å². The average molecular weight is 432 g/mol. The molecule has 1 amide bonds. The van der Waals surface area contributed by atoms with Crippen molar-refractivity contribution in [3.8, 4) is 0 Å². The second kappa shape index (κ2) is 10.3. The van der Waals surface area contributed by atoms with E-state index in [0.717, 1.165) is 36.5 Å². The second-order valence-corrected chi connectivity index (χ2v) is 8.79. The van der Waals surface area contributed by atoms with Crippen LogP contribution in [0.15, 0.2) is 24.5 Å². The minimum atomic E-state index is -0.0878. The smallest absolute Gasteiger partial charge is 0.251 e. The first kappa shape index (κ1) is 22.6. The topological polar surface area (TPSA) is 64.3 Å². The maximum atomic E-state index is 12.9. The molecule has 1 aliphatic carbocycles. The predicted octanol–water partition coefficient (Wildman–Crippen LogP) is 4.04. The number of anilines is 1. The van der Waals surface area contributed by atoms with Gasteiger partial charge in [-0.25, -0.2) is 4.98 Å². The third-order valence-electron chi connectivity index (χ3n) is 6.28. The summed E-state index contributed by atoms with van der Waals surface area (Å²) >= 11 is 6.46. The highest BCUT2D eigenvalue weighted by molar-refractivity contribution is 6.31. The predicted molar refractivity (Wildman–Crippen MR) is 124 cm³/mol. The van der Waals surface area contributed by atoms with Gasteiger partial charge in [0.15, 0.2) is 0 Å². The Labute approximate surface area is 185 Å². The zero-order chi connectivity index (χ0) is 21.7. The van der Waals surface area contributed by atoms with Crippen molar-refractivity contribution in [1.82, 2.24) is 20.2 Å². The summed E-state index contributed by atoms with van der Waals surface area (Å²) in [7, 11) is 4.33. The number of aromatic amines is 1. The number of H-pyrrole nitrogens is 1. The quantitative estimate of drug-likeness (QED) is 0.662. The summed E-state index contributed by atoms with van der Waals surface area (Å²) in [4.78, 5) is 24.9. The van der Waals surface area contributed by atoms with Crippen molar-refractivity contribution < 1.29 is 4.79 Å². The largest absolute Gasteiger partial charge is 0.369 e. The van der Waals surface area contributed by atoms with Gasteiger partial charge in [0.1, 0.15) is 5.82 Å². The summed E-state index contributed by atoms with van der Waals surface area (Å²) in [5, 5.41) is 3.61. The molecule has 7 heteroatoms. The van der Waals surface area contributed by atoms with Gasteiger partial charge in [-0.05, 0) is 71.3 Å². The zero-order valence-corrected chi connectivity index (χ0v) is 19.3. The van der Waals surface area contributed by atoms with E-state index in [1.807, 2.05) is 13.0 Å². The third kappa shape index (κ3) is 5.35. The molecule has 30 heavy (non-hydrogen) atoms. The van der Waals surface area contributed by atoms with Crippen molar-refractivity contribution in [2.24, 2.45) is 0 Å². The van der Waals surface area contributed by atoms with E-state index in [4.69, 9.17) is 11.6 Å². The molecular weight excluding hydrogens is 398 g/mol. The van der Waals surface area contributed by atoms with Gasteiger partial charge in [0.25, 0.3) is 5.91 Å². The minimum absolute atomic E-state index is 0.0878. The molecule has 0 atom stereocenters. The first-order valence-corrected chi connectivity index (χ1v) is 11.3. The van der Waals surface area contributed by atoms with Crippen molar-refractivity contribution in [3.05, 3.63) is 46.5 Å². The van der Waals surface area contributed by atoms with Crippen molar-refractivity contribution in [1.29, 1.82) is 0 Å². The zero-order valence-electron chi connectivity index (χ0n) is 18.5. The molecular formula is C23H34ClN5O. The Kier molecular flexibility index (Phi) is 7.78. The van der Waals surface area contributed by atoms with Gasteiger partial charge in [0.05, 0.1) is 0 Å². The van der Waals surface area contributed by atoms with E-state index in [0.29, 0.717) is 35.6 Å². The lowest BCUT2D eigenvalue weighted by atomic mass is 9.89. The Morgan fingerprint density at radius 2 is 1.93 bits per heavy atom. The van der Waals surface area contributed by atoms with E-state index in [-0.39, 0.29) is 5.91 Å². The third-order valence-corrected chi connectivity index (χ3v) is 6.50. The molecule has 0 aliphatic heterocycles. The Morgan fingerprint density at radius 1 is 1.23 bits per heavy atom. The van der Waals surface area contributed by atoms with Crippen molar-refractivity contribution in [3.63, 3.8) is 0 Å². The summed E-state index contributed by atoms with van der Waals surface area (Å²) < 4.78 is 0. The van der Waals surface area contributed by atoms with Gasteiger partial charge in [-0.15, -0.1) is 0 Å². The number of rotatable bonds is 8. The van der Waals surface area contributed by atoms with Gasteiger partial charge in [-0.2, -0.15) is 0 Å². The summed E-state index contributed by atoms with van der Waals surface area (Å²) in [6, 6.07) is 4.94. The number of amides is 1. The Hall–Kier alpha value is -2.05. The molecule has 1 saturated carbocycles. The van der Waals surface area contributed by atoms with Crippen LogP contribution in [0.4, 0.5) is 5.69 Å². The molecule has 164 valence electrons. The highest BCUT2D eigenvalue weighted by atomic mass is 35.5. The average Bonchev–Trinajstić information content (AvgIpc) is 3.24. The maximum absolute atomic E-state index is 12.9. The van der Waals surface area contributed by atoms with Crippen LogP contribution in [0.2, 0.25) is 5.02 Å². The Bertz CT molecular complexity index is 828. The molecule has 1 heterocycles. The number of carbonyl (C=O) groups excluding carboxylic acids is 1. The van der Waals surface area contributed by atoms with E-state index < -0.39 is 0 Å². The number of imidazole rings is 1. The van der Waals surface area contributed by atoms with E-state index in [2.05, 4.69) is 46.1 Å². The molecule has 0 saturated heterocycles. The lowest BCUT2D eigenvalue weighted by Crippen LogP contribution is -2.42. The Balaban J connectivity index is 1.73. The summed E-state index contributed by atoms with van der Waals surface area (Å²) in [5.74, 6) is 0.777. The standard InChI is InChI=1S/C23H34ClN5O/c1-5-29(19-8-6-18(7-9-19)28(3)4)21-15-17(24)14-20(16(21)2)23(30)27-11-10-22-25-12-13-26-22/h12-15,18-19H,5-11H2,1-4H3,(H,25,26)(H,27,30)/t18-,19-. The molecule has 2 aromatic rings. The fraction of sp³-hybridized carbons (Fsp3) is 0.565. The molecule has 0 unspecified atom stereocenters. The fourth-order valence-electron chi connectivity index (χ4n) is 4.53. The van der Waals surface area contributed by atoms with Crippen LogP contribution in [0.3, 0.4) is 0 Å². The first-order chi connectivity index (χ1) is 14.4. The molecule has 0 spiro atoms. The maximum Gasteiger partial charge on any atom is 0.251 e. The van der Waals surface area contributed by atoms with Crippen molar-refractivity contribution in [2.75, 3.05) is 32.1 Å². The monoisotopic (exact) mass is 431 g/mol. The molecule has 0 radical (unpaired) electrons. The van der Waals surface area contributed by atoms with E-state index in [1.165, 1.54) is 12.8 Å². The van der Waals surface area contributed by atoms with Gasteiger partial charge in [0.2, 0.25) is 0 Å². The number of halogens is 1. The van der Waals surface area contributed by atoms with E-state index in [1.54, 1.807) is 18.5 Å². The molecule has 3 rings (SSSR count). The summed E-state index contributed by atoms with van der Waals surface area (Å²) in [6.45, 7) is 5.64. The first-order valence-electron chi connectivity index (χ1n) is 10.9. The van der Waals surface area contributed by atoms with Crippen LogP contribution in [-0.2, 0) is 6.42 Å². The van der Waals surface area contributed by atoms with E-state index >= 15 is 0 Å². The summed E-state index contributed by atoms with van der Waals surface area (Å²) in [6.07, 6.45) is 8.90. The van der Waals surface area contributed by atoms with E-state index in [9.17, 15) is 4.79 Å². The van der Waals surface area contributed by atoms with Gasteiger partial charge in [0, 0.05) is 60.3 Å². The van der Waals surface area contributed by atoms with Gasteiger partial charge in [-0.3, -0.25) is 4.79 Å². The van der Waals surface area contributed by atoms with Crippen LogP contribution < -0.4 is 10.2 Å². The normalized spacial score (nSPS) is 19.1. The molecule has 1 aromatic carbocycles. The second-order valence-electron chi connectivity index (χ2n) is 8.35. The highest BCUT2D eigenvalue weighted by Gasteiger charge is 2.28. The molecule has 1 fully saturated rings. The molecule has 0 bridgehead atoms. The number of aromatic nitrogens is 2. The molecule has 1 aromatic heterocycles. The number of hydrogen-bond acceptors (Lipinski definition) is 4. The van der Waals surface area contributed by atoms with Gasteiger partial charge >= 0.3 is 0 Å².